The van der Waals surface area contributed by atoms with Gasteiger partial charge in [0.15, 0.2) is 0 Å². The van der Waals surface area contributed by atoms with E-state index in [1.807, 2.05) is 6.07 Å². The number of aldehydes is 1. The Balaban J connectivity index is 1.25. The molecule has 5 aliphatic rings. The lowest BCUT2D eigenvalue weighted by molar-refractivity contribution is -0.248. The smallest absolute Gasteiger partial charge is 0.338 e. The van der Waals surface area contributed by atoms with Crippen molar-refractivity contribution in [3.63, 3.8) is 0 Å². The first-order valence-corrected chi connectivity index (χ1v) is 13.7. The van der Waals surface area contributed by atoms with Crippen LogP contribution in [0, 0.1) is 28.6 Å². The summed E-state index contributed by atoms with van der Waals surface area (Å²) in [6.07, 6.45) is 7.14. The second-order valence-electron chi connectivity index (χ2n) is 12.4. The lowest BCUT2D eigenvalue weighted by atomic mass is 9.41. The second kappa shape index (κ2) is 8.50. The van der Waals surface area contributed by atoms with Gasteiger partial charge in [-0.1, -0.05) is 25.1 Å². The average Bonchev–Trinajstić information content (AvgIpc) is 3.43. The van der Waals surface area contributed by atoms with Crippen LogP contribution in [-0.4, -0.2) is 52.4 Å². The molecule has 2 N–H and O–H groups in total. The fourth-order valence-corrected chi connectivity index (χ4v) is 9.21. The molecule has 0 amide bonds. The van der Waals surface area contributed by atoms with Crippen molar-refractivity contribution in [1.82, 2.24) is 0 Å². The van der Waals surface area contributed by atoms with Gasteiger partial charge in [-0.25, -0.2) is 9.59 Å². The van der Waals surface area contributed by atoms with Crippen molar-refractivity contribution in [3.8, 4) is 0 Å². The Morgan fingerprint density at radius 3 is 2.49 bits per heavy atom. The van der Waals surface area contributed by atoms with Gasteiger partial charge in [-0.3, -0.25) is 0 Å². The van der Waals surface area contributed by atoms with E-state index in [0.717, 1.165) is 31.1 Å². The summed E-state index contributed by atoms with van der Waals surface area (Å²) < 4.78 is 11.0. The summed E-state index contributed by atoms with van der Waals surface area (Å²) >= 11 is 0. The summed E-state index contributed by atoms with van der Waals surface area (Å²) in [5.74, 6) is -0.892. The van der Waals surface area contributed by atoms with Crippen LogP contribution >= 0.6 is 0 Å². The summed E-state index contributed by atoms with van der Waals surface area (Å²) in [6, 6.07) is 8.82. The van der Waals surface area contributed by atoms with Crippen molar-refractivity contribution in [2.75, 3.05) is 6.61 Å². The molecule has 8 atom stereocenters. The molecule has 0 radical (unpaired) electrons. The lowest BCUT2D eigenvalue weighted by Gasteiger charge is -2.65. The van der Waals surface area contributed by atoms with Gasteiger partial charge in [-0.15, -0.1) is 0 Å². The summed E-state index contributed by atoms with van der Waals surface area (Å²) in [5.41, 5.74) is -2.17. The third-order valence-corrected chi connectivity index (χ3v) is 11.1. The first kappa shape index (κ1) is 24.8. The molecule has 4 fully saturated rings. The minimum Gasteiger partial charge on any atom is -0.459 e. The Bertz CT molecular complexity index is 1150. The molecule has 0 spiro atoms. The molecule has 1 aromatic rings. The number of rotatable bonds is 4. The number of benzene rings is 1. The number of esters is 2. The first-order chi connectivity index (χ1) is 17.7. The third-order valence-electron chi connectivity index (χ3n) is 11.1. The van der Waals surface area contributed by atoms with E-state index in [0.29, 0.717) is 44.3 Å². The SMILES string of the molecule is CC12CCC3C(CCC4(O)CC(OC(=O)c5ccccc5)CCC34C=O)C1(O)CCC2C1=CC(=O)OC1. The van der Waals surface area contributed by atoms with E-state index in [9.17, 15) is 24.6 Å². The number of carbonyl (C=O) groups is 3. The highest BCUT2D eigenvalue weighted by atomic mass is 16.5. The van der Waals surface area contributed by atoms with Gasteiger partial charge in [0, 0.05) is 17.9 Å². The molecule has 1 aromatic carbocycles. The van der Waals surface area contributed by atoms with E-state index in [4.69, 9.17) is 9.47 Å². The molecule has 0 aromatic heterocycles. The van der Waals surface area contributed by atoms with Crippen molar-refractivity contribution in [1.29, 1.82) is 0 Å². The van der Waals surface area contributed by atoms with Crippen molar-refractivity contribution < 1.29 is 34.1 Å². The minimum atomic E-state index is -1.27. The lowest BCUT2D eigenvalue weighted by Crippen LogP contribution is -2.69. The van der Waals surface area contributed by atoms with Gasteiger partial charge in [-0.05, 0) is 86.8 Å². The minimum absolute atomic E-state index is 0.0750. The monoisotopic (exact) mass is 508 g/mol. The van der Waals surface area contributed by atoms with E-state index in [-0.39, 0.29) is 30.1 Å². The van der Waals surface area contributed by atoms with E-state index in [1.165, 1.54) is 0 Å². The molecule has 6 rings (SSSR count). The molecule has 7 heteroatoms. The Hall–Kier alpha value is -2.51. The average molecular weight is 509 g/mol. The Kier molecular flexibility index (Phi) is 5.70. The van der Waals surface area contributed by atoms with Crippen LogP contribution in [0.2, 0.25) is 0 Å². The summed E-state index contributed by atoms with van der Waals surface area (Å²) in [4.78, 5) is 37.3. The van der Waals surface area contributed by atoms with Crippen LogP contribution in [0.15, 0.2) is 42.0 Å². The number of carbonyl (C=O) groups excluding carboxylic acids is 3. The number of ether oxygens (including phenoxy) is 2. The molecule has 1 heterocycles. The molecule has 7 nitrogen and oxygen atoms in total. The fourth-order valence-electron chi connectivity index (χ4n) is 9.21. The zero-order valence-corrected chi connectivity index (χ0v) is 21.4. The predicted molar refractivity (Wildman–Crippen MR) is 133 cm³/mol. The summed E-state index contributed by atoms with van der Waals surface area (Å²) in [5, 5.41) is 24.3. The van der Waals surface area contributed by atoms with Gasteiger partial charge in [-0.2, -0.15) is 0 Å². The standard InChI is InChI=1S/C30H36O7/c1-27-11-8-23-24(30(27,35)14-10-22(27)20-15-25(32)36-17-20)9-13-29(34)16-21(7-12-28(23,29)18-31)37-26(33)19-5-3-2-4-6-19/h2-6,15,18,21-24,34-35H,7-14,16-17H2,1H3. The third kappa shape index (κ3) is 3.42. The van der Waals surface area contributed by atoms with Crippen LogP contribution < -0.4 is 0 Å². The quantitative estimate of drug-likeness (QED) is 0.471. The Labute approximate surface area is 217 Å². The van der Waals surface area contributed by atoms with Crippen LogP contribution in [-0.2, 0) is 19.1 Å². The van der Waals surface area contributed by atoms with Crippen LogP contribution in [0.5, 0.6) is 0 Å². The van der Waals surface area contributed by atoms with Crippen molar-refractivity contribution in [2.24, 2.45) is 28.6 Å². The van der Waals surface area contributed by atoms with Gasteiger partial charge in [0.05, 0.1) is 22.2 Å². The molecule has 8 unspecified atom stereocenters. The van der Waals surface area contributed by atoms with Gasteiger partial charge in [0.2, 0.25) is 0 Å². The predicted octanol–water partition coefficient (Wildman–Crippen LogP) is 3.76. The number of cyclic esters (lactones) is 1. The van der Waals surface area contributed by atoms with Crippen LogP contribution in [0.1, 0.15) is 75.1 Å². The van der Waals surface area contributed by atoms with Gasteiger partial charge in [0.1, 0.15) is 19.0 Å². The van der Waals surface area contributed by atoms with E-state index < -0.39 is 34.1 Å². The zero-order valence-electron chi connectivity index (χ0n) is 21.4. The molecule has 1 aliphatic heterocycles. The van der Waals surface area contributed by atoms with Crippen LogP contribution in [0.4, 0.5) is 0 Å². The maximum Gasteiger partial charge on any atom is 0.338 e. The van der Waals surface area contributed by atoms with Gasteiger partial charge in [0.25, 0.3) is 0 Å². The second-order valence-corrected chi connectivity index (χ2v) is 12.4. The van der Waals surface area contributed by atoms with E-state index in [2.05, 4.69) is 6.92 Å². The van der Waals surface area contributed by atoms with E-state index in [1.54, 1.807) is 30.3 Å². The molecular weight excluding hydrogens is 472 g/mol. The van der Waals surface area contributed by atoms with Gasteiger partial charge >= 0.3 is 11.9 Å². The highest BCUT2D eigenvalue weighted by Gasteiger charge is 2.71. The molecule has 0 bridgehead atoms. The largest absolute Gasteiger partial charge is 0.459 e. The highest BCUT2D eigenvalue weighted by molar-refractivity contribution is 5.89. The molecule has 4 aliphatic carbocycles. The van der Waals surface area contributed by atoms with Crippen LogP contribution in [0.3, 0.4) is 0 Å². The number of fused-ring (bicyclic) bond motifs is 5. The van der Waals surface area contributed by atoms with Crippen molar-refractivity contribution >= 4 is 18.2 Å². The molecular formula is C30H36O7. The molecule has 37 heavy (non-hydrogen) atoms. The van der Waals surface area contributed by atoms with Crippen molar-refractivity contribution in [3.05, 3.63) is 47.5 Å². The number of hydrogen-bond acceptors (Lipinski definition) is 7. The Morgan fingerprint density at radius 1 is 1.03 bits per heavy atom. The molecule has 198 valence electrons. The normalized spacial score (nSPS) is 44.6. The summed E-state index contributed by atoms with van der Waals surface area (Å²) in [6.45, 7) is 2.43. The topological polar surface area (TPSA) is 110 Å². The van der Waals surface area contributed by atoms with Crippen molar-refractivity contribution in [2.45, 2.75) is 82.0 Å². The maximum atomic E-state index is 12.9. The number of hydrogen-bond donors (Lipinski definition) is 2. The number of aliphatic hydroxyl groups is 2. The van der Waals surface area contributed by atoms with Crippen LogP contribution in [0.25, 0.3) is 0 Å². The van der Waals surface area contributed by atoms with E-state index >= 15 is 0 Å². The zero-order chi connectivity index (χ0) is 26.1. The molecule has 4 saturated carbocycles. The summed E-state index contributed by atoms with van der Waals surface area (Å²) in [7, 11) is 0. The van der Waals surface area contributed by atoms with Gasteiger partial charge < -0.3 is 24.5 Å². The Morgan fingerprint density at radius 2 is 1.78 bits per heavy atom. The fraction of sp³-hybridized carbons (Fsp3) is 0.633. The molecule has 0 saturated heterocycles. The highest BCUT2D eigenvalue weighted by Crippen LogP contribution is 2.70. The first-order valence-electron chi connectivity index (χ1n) is 13.7. The maximum absolute atomic E-state index is 12.9.